The highest BCUT2D eigenvalue weighted by molar-refractivity contribution is 5.77. The average Bonchev–Trinajstić information content (AvgIpc) is 2.79. The Morgan fingerprint density at radius 2 is 1.47 bits per heavy atom. The number of carbonyl (C=O) groups excluding carboxylic acids is 1. The van der Waals surface area contributed by atoms with E-state index in [1.807, 2.05) is 106 Å². The van der Waals surface area contributed by atoms with Crippen LogP contribution in [0.5, 0.6) is 5.75 Å². The molecule has 3 aromatic carbocycles. The third-order valence-electron chi connectivity index (χ3n) is 4.79. The Balaban J connectivity index is 1.93. The van der Waals surface area contributed by atoms with Gasteiger partial charge in [0.2, 0.25) is 0 Å². The van der Waals surface area contributed by atoms with Crippen molar-refractivity contribution in [2.45, 2.75) is 45.1 Å². The molecule has 0 radical (unpaired) electrons. The fourth-order valence-corrected chi connectivity index (χ4v) is 3.28. The van der Waals surface area contributed by atoms with Crippen molar-refractivity contribution in [2.24, 2.45) is 0 Å². The van der Waals surface area contributed by atoms with Crippen LogP contribution in [-0.2, 0) is 20.9 Å². The lowest BCUT2D eigenvalue weighted by atomic mass is 10.00. The molecule has 2 atom stereocenters. The van der Waals surface area contributed by atoms with Gasteiger partial charge in [0.1, 0.15) is 11.4 Å². The van der Waals surface area contributed by atoms with Gasteiger partial charge in [-0.2, -0.15) is 0 Å². The Kier molecular flexibility index (Phi) is 7.90. The molecule has 0 fully saturated rings. The van der Waals surface area contributed by atoms with Crippen LogP contribution in [0.4, 0.5) is 5.69 Å². The Morgan fingerprint density at radius 3 is 2.03 bits per heavy atom. The van der Waals surface area contributed by atoms with Crippen LogP contribution in [0.2, 0.25) is 0 Å². The molecule has 0 heterocycles. The van der Waals surface area contributed by atoms with Crippen LogP contribution in [0, 0.1) is 0 Å². The summed E-state index contributed by atoms with van der Waals surface area (Å²) in [4.78, 5) is 13.3. The predicted octanol–water partition coefficient (Wildman–Crippen LogP) is 5.78. The smallest absolute Gasteiger partial charge is 0.338 e. The minimum absolute atomic E-state index is 0.290. The van der Waals surface area contributed by atoms with E-state index in [2.05, 4.69) is 5.32 Å². The van der Waals surface area contributed by atoms with E-state index in [1.54, 1.807) is 7.11 Å². The van der Waals surface area contributed by atoms with E-state index >= 15 is 0 Å². The lowest BCUT2D eigenvalue weighted by Gasteiger charge is -2.31. The highest BCUT2D eigenvalue weighted by Crippen LogP contribution is 2.28. The zero-order chi connectivity index (χ0) is 23.0. The molecule has 0 spiro atoms. The number of hydrogen-bond donors (Lipinski definition) is 1. The molecular weight excluding hydrogens is 402 g/mol. The second-order valence-corrected chi connectivity index (χ2v) is 8.51. The first-order chi connectivity index (χ1) is 15.4. The van der Waals surface area contributed by atoms with Crippen molar-refractivity contribution < 1.29 is 19.0 Å². The van der Waals surface area contributed by atoms with Crippen LogP contribution >= 0.6 is 0 Å². The van der Waals surface area contributed by atoms with E-state index in [1.165, 1.54) is 0 Å². The van der Waals surface area contributed by atoms with E-state index in [9.17, 15) is 4.79 Å². The van der Waals surface area contributed by atoms with E-state index in [-0.39, 0.29) is 0 Å². The largest absolute Gasteiger partial charge is 0.497 e. The number of nitrogens with one attached hydrogen (secondary N) is 1. The van der Waals surface area contributed by atoms with Crippen molar-refractivity contribution in [1.29, 1.82) is 0 Å². The van der Waals surface area contributed by atoms with Gasteiger partial charge in [0.15, 0.2) is 6.10 Å². The normalized spacial score (nSPS) is 13.1. The average molecular weight is 434 g/mol. The van der Waals surface area contributed by atoms with Crippen LogP contribution in [-0.4, -0.2) is 24.8 Å². The number of carbonyl (C=O) groups is 1. The maximum atomic E-state index is 13.3. The zero-order valence-electron chi connectivity index (χ0n) is 19.1. The summed E-state index contributed by atoms with van der Waals surface area (Å²) in [5, 5.41) is 3.47. The summed E-state index contributed by atoms with van der Waals surface area (Å²) < 4.78 is 17.2. The number of rotatable bonds is 9. The van der Waals surface area contributed by atoms with Crippen molar-refractivity contribution in [1.82, 2.24) is 0 Å². The topological polar surface area (TPSA) is 56.8 Å². The molecule has 32 heavy (non-hydrogen) atoms. The summed E-state index contributed by atoms with van der Waals surface area (Å²) in [6, 6.07) is 26.7. The van der Waals surface area contributed by atoms with Gasteiger partial charge >= 0.3 is 5.97 Å². The van der Waals surface area contributed by atoms with Gasteiger partial charge in [-0.15, -0.1) is 0 Å². The Hall–Kier alpha value is -3.31. The lowest BCUT2D eigenvalue weighted by molar-refractivity contribution is -0.170. The molecular formula is C27H31NO4. The minimum atomic E-state index is -0.862. The van der Waals surface area contributed by atoms with Gasteiger partial charge in [0.25, 0.3) is 0 Å². The Labute approximate surface area is 190 Å². The quantitative estimate of drug-likeness (QED) is 0.434. The first-order valence-electron chi connectivity index (χ1n) is 10.7. The molecule has 0 aromatic heterocycles. The minimum Gasteiger partial charge on any atom is -0.497 e. The molecule has 3 rings (SSSR count). The molecule has 0 amide bonds. The lowest BCUT2D eigenvalue weighted by Crippen LogP contribution is -2.40. The molecule has 5 heteroatoms. The van der Waals surface area contributed by atoms with E-state index in [0.29, 0.717) is 6.61 Å². The first kappa shape index (κ1) is 23.4. The molecule has 168 valence electrons. The molecule has 3 aromatic rings. The fourth-order valence-electron chi connectivity index (χ4n) is 3.28. The number of esters is 1. The van der Waals surface area contributed by atoms with Crippen LogP contribution < -0.4 is 10.1 Å². The maximum absolute atomic E-state index is 13.3. The third kappa shape index (κ3) is 6.86. The number of ether oxygens (including phenoxy) is 3. The van der Waals surface area contributed by atoms with Crippen molar-refractivity contribution in [3.63, 3.8) is 0 Å². The van der Waals surface area contributed by atoms with Crippen LogP contribution in [0.1, 0.15) is 37.9 Å². The molecule has 0 unspecified atom stereocenters. The van der Waals surface area contributed by atoms with Gasteiger partial charge < -0.3 is 19.5 Å². The number of benzene rings is 3. The van der Waals surface area contributed by atoms with Crippen molar-refractivity contribution in [3.8, 4) is 5.75 Å². The van der Waals surface area contributed by atoms with Gasteiger partial charge in [0.05, 0.1) is 19.8 Å². The zero-order valence-corrected chi connectivity index (χ0v) is 19.1. The van der Waals surface area contributed by atoms with Crippen LogP contribution in [0.25, 0.3) is 0 Å². The monoisotopic (exact) mass is 433 g/mol. The van der Waals surface area contributed by atoms with Gasteiger partial charge in [-0.3, -0.25) is 0 Å². The summed E-state index contributed by atoms with van der Waals surface area (Å²) in [5.74, 6) is 0.346. The third-order valence-corrected chi connectivity index (χ3v) is 4.79. The van der Waals surface area contributed by atoms with Crippen molar-refractivity contribution >= 4 is 11.7 Å². The van der Waals surface area contributed by atoms with E-state index < -0.39 is 23.7 Å². The van der Waals surface area contributed by atoms with Gasteiger partial charge in [-0.05, 0) is 56.2 Å². The Bertz CT molecular complexity index is 966. The SMILES string of the molecule is COc1ccc(N[C@@H](c2ccccc2)[C@@H](OCc2ccccc2)C(=O)OC(C)(C)C)cc1. The van der Waals surface area contributed by atoms with Gasteiger partial charge in [0, 0.05) is 5.69 Å². The molecule has 0 bridgehead atoms. The summed E-state index contributed by atoms with van der Waals surface area (Å²) >= 11 is 0. The highest BCUT2D eigenvalue weighted by atomic mass is 16.6. The van der Waals surface area contributed by atoms with Crippen LogP contribution in [0.3, 0.4) is 0 Å². The highest BCUT2D eigenvalue weighted by Gasteiger charge is 2.34. The summed E-state index contributed by atoms with van der Waals surface area (Å²) in [6.07, 6.45) is -0.862. The molecule has 5 nitrogen and oxygen atoms in total. The molecule has 1 N–H and O–H groups in total. The molecule has 0 aliphatic carbocycles. The second kappa shape index (κ2) is 10.8. The predicted molar refractivity (Wildman–Crippen MR) is 127 cm³/mol. The number of hydrogen-bond acceptors (Lipinski definition) is 5. The molecule has 0 aliphatic rings. The molecule has 0 aliphatic heterocycles. The molecule has 0 saturated heterocycles. The number of methoxy groups -OCH3 is 1. The summed E-state index contributed by atoms with van der Waals surface area (Å²) in [6.45, 7) is 5.85. The van der Waals surface area contributed by atoms with E-state index in [4.69, 9.17) is 14.2 Å². The maximum Gasteiger partial charge on any atom is 0.338 e. The summed E-state index contributed by atoms with van der Waals surface area (Å²) in [7, 11) is 1.63. The number of anilines is 1. The van der Waals surface area contributed by atoms with E-state index in [0.717, 1.165) is 22.6 Å². The summed E-state index contributed by atoms with van der Waals surface area (Å²) in [5.41, 5.74) is 2.12. The standard InChI is InChI=1S/C27H31NO4/c1-27(2,3)32-26(29)25(31-19-20-11-7-5-8-12-20)24(21-13-9-6-10-14-21)28-22-15-17-23(30-4)18-16-22/h5-18,24-25,28H,19H2,1-4H3/t24-,25+/m0/s1. The van der Waals surface area contributed by atoms with Crippen molar-refractivity contribution in [3.05, 3.63) is 96.1 Å². The second-order valence-electron chi connectivity index (χ2n) is 8.51. The molecule has 0 saturated carbocycles. The fraction of sp³-hybridized carbons (Fsp3) is 0.296. The van der Waals surface area contributed by atoms with Gasteiger partial charge in [-0.25, -0.2) is 4.79 Å². The van der Waals surface area contributed by atoms with Crippen LogP contribution in [0.15, 0.2) is 84.9 Å². The Morgan fingerprint density at radius 1 is 0.875 bits per heavy atom. The first-order valence-corrected chi connectivity index (χ1v) is 10.7. The van der Waals surface area contributed by atoms with Gasteiger partial charge in [-0.1, -0.05) is 60.7 Å². The van der Waals surface area contributed by atoms with Crippen molar-refractivity contribution in [2.75, 3.05) is 12.4 Å².